The van der Waals surface area contributed by atoms with Gasteiger partial charge in [0.1, 0.15) is 11.4 Å². The number of amides is 1. The van der Waals surface area contributed by atoms with Crippen LogP contribution in [0.2, 0.25) is 0 Å². The van der Waals surface area contributed by atoms with Crippen molar-refractivity contribution in [2.75, 3.05) is 0 Å². The van der Waals surface area contributed by atoms with E-state index < -0.39 is 11.7 Å². The Kier molecular flexibility index (Phi) is 4.96. The van der Waals surface area contributed by atoms with Crippen LogP contribution in [0.5, 0.6) is 0 Å². The molecule has 0 heterocycles. The average Bonchev–Trinajstić information content (AvgIpc) is 2.23. The molecule has 5 heteroatoms. The monoisotopic (exact) mass is 331 g/mol. The number of carbonyl (C=O) groups is 1. The van der Waals surface area contributed by atoms with Gasteiger partial charge in [0.15, 0.2) is 0 Å². The van der Waals surface area contributed by atoms with Gasteiger partial charge < -0.3 is 10.1 Å². The van der Waals surface area contributed by atoms with E-state index in [1.807, 2.05) is 0 Å². The van der Waals surface area contributed by atoms with E-state index >= 15 is 0 Å². The molecule has 1 N–H and O–H groups in total. The van der Waals surface area contributed by atoms with Crippen LogP contribution < -0.4 is 5.32 Å². The molecule has 19 heavy (non-hydrogen) atoms. The zero-order chi connectivity index (χ0) is 14.8. The lowest BCUT2D eigenvalue weighted by molar-refractivity contribution is 0.0507. The maximum absolute atomic E-state index is 13.8. The van der Waals surface area contributed by atoms with Gasteiger partial charge in [0.25, 0.3) is 0 Å². The number of carbonyl (C=O) groups excluding carboxylic acids is 1. The third-order valence-corrected chi connectivity index (χ3v) is 3.19. The van der Waals surface area contributed by atoms with E-state index in [1.54, 1.807) is 46.8 Å². The molecule has 0 aliphatic rings. The number of benzene rings is 1. The Morgan fingerprint density at radius 2 is 2.00 bits per heavy atom. The number of halogens is 2. The molecule has 0 spiro atoms. The number of hydrogen-bond acceptors (Lipinski definition) is 2. The second kappa shape index (κ2) is 5.90. The molecule has 1 rings (SSSR count). The molecule has 106 valence electrons. The predicted molar refractivity (Wildman–Crippen MR) is 76.6 cm³/mol. The Balaban J connectivity index is 2.82. The summed E-state index contributed by atoms with van der Waals surface area (Å²) < 4.78 is 19.4. The normalized spacial score (nSPS) is 13.0. The van der Waals surface area contributed by atoms with Crippen molar-refractivity contribution in [3.05, 3.63) is 33.5 Å². The highest BCUT2D eigenvalue weighted by atomic mass is 79.9. The Morgan fingerprint density at radius 3 is 2.53 bits per heavy atom. The SMILES string of the molecule is Cc1c([C@H](C)NC(=O)OC(C)(C)C)ccc(Br)c1F. The van der Waals surface area contributed by atoms with Crippen LogP contribution in [0.4, 0.5) is 9.18 Å². The van der Waals surface area contributed by atoms with E-state index in [4.69, 9.17) is 4.74 Å². The molecule has 1 aromatic rings. The molecule has 0 radical (unpaired) electrons. The lowest BCUT2D eigenvalue weighted by atomic mass is 10.0. The van der Waals surface area contributed by atoms with Crippen molar-refractivity contribution >= 4 is 22.0 Å². The topological polar surface area (TPSA) is 38.3 Å². The maximum atomic E-state index is 13.8. The quantitative estimate of drug-likeness (QED) is 0.867. The highest BCUT2D eigenvalue weighted by molar-refractivity contribution is 9.10. The fourth-order valence-electron chi connectivity index (χ4n) is 1.70. The largest absolute Gasteiger partial charge is 0.444 e. The Morgan fingerprint density at radius 1 is 1.42 bits per heavy atom. The van der Waals surface area contributed by atoms with E-state index in [1.165, 1.54) is 0 Å². The van der Waals surface area contributed by atoms with Crippen molar-refractivity contribution in [1.82, 2.24) is 5.32 Å². The van der Waals surface area contributed by atoms with Gasteiger partial charge in [-0.15, -0.1) is 0 Å². The summed E-state index contributed by atoms with van der Waals surface area (Å²) in [7, 11) is 0. The zero-order valence-electron chi connectivity index (χ0n) is 11.8. The second-order valence-electron chi connectivity index (χ2n) is 5.44. The first-order chi connectivity index (χ1) is 8.61. The molecule has 1 aromatic carbocycles. The van der Waals surface area contributed by atoms with Crippen LogP contribution >= 0.6 is 15.9 Å². The van der Waals surface area contributed by atoms with Crippen LogP contribution in [0, 0.1) is 12.7 Å². The summed E-state index contributed by atoms with van der Waals surface area (Å²) >= 11 is 3.13. The molecule has 0 bridgehead atoms. The Bertz CT molecular complexity index is 483. The molecule has 0 aliphatic heterocycles. The van der Waals surface area contributed by atoms with Crippen LogP contribution in [0.25, 0.3) is 0 Å². The summed E-state index contributed by atoms with van der Waals surface area (Å²) in [6.45, 7) is 8.85. The smallest absolute Gasteiger partial charge is 0.408 e. The molecule has 0 fully saturated rings. The zero-order valence-corrected chi connectivity index (χ0v) is 13.4. The Labute approximate surface area is 121 Å². The molecule has 0 saturated carbocycles. The second-order valence-corrected chi connectivity index (χ2v) is 6.30. The van der Waals surface area contributed by atoms with Crippen molar-refractivity contribution in [2.24, 2.45) is 0 Å². The van der Waals surface area contributed by atoms with Crippen molar-refractivity contribution in [3.8, 4) is 0 Å². The number of alkyl carbamates (subject to hydrolysis) is 1. The summed E-state index contributed by atoms with van der Waals surface area (Å²) in [5.74, 6) is -0.310. The summed E-state index contributed by atoms with van der Waals surface area (Å²) in [5, 5.41) is 2.70. The summed E-state index contributed by atoms with van der Waals surface area (Å²) in [6, 6.07) is 3.09. The van der Waals surface area contributed by atoms with E-state index in [9.17, 15) is 9.18 Å². The molecule has 0 saturated heterocycles. The van der Waals surface area contributed by atoms with Crippen LogP contribution in [-0.2, 0) is 4.74 Å². The van der Waals surface area contributed by atoms with Gasteiger partial charge >= 0.3 is 6.09 Å². The minimum Gasteiger partial charge on any atom is -0.444 e. The van der Waals surface area contributed by atoms with Gasteiger partial charge in [-0.1, -0.05) is 6.07 Å². The molecule has 1 amide bonds. The van der Waals surface area contributed by atoms with Gasteiger partial charge in [-0.3, -0.25) is 0 Å². The highest BCUT2D eigenvalue weighted by Crippen LogP contribution is 2.25. The average molecular weight is 332 g/mol. The van der Waals surface area contributed by atoms with Crippen LogP contribution in [0.3, 0.4) is 0 Å². The van der Waals surface area contributed by atoms with Gasteiger partial charge in [-0.25, -0.2) is 9.18 Å². The Hall–Kier alpha value is -1.10. The minimum absolute atomic E-state index is 0.310. The maximum Gasteiger partial charge on any atom is 0.408 e. The molecule has 0 unspecified atom stereocenters. The van der Waals surface area contributed by atoms with Crippen molar-refractivity contribution in [2.45, 2.75) is 46.3 Å². The number of rotatable bonds is 2. The molecule has 0 aromatic heterocycles. The van der Waals surface area contributed by atoms with E-state index in [2.05, 4.69) is 21.2 Å². The first-order valence-electron chi connectivity index (χ1n) is 6.06. The van der Waals surface area contributed by atoms with Gasteiger partial charge in [-0.2, -0.15) is 0 Å². The first kappa shape index (κ1) is 16.0. The van der Waals surface area contributed by atoms with Crippen LogP contribution in [0.15, 0.2) is 16.6 Å². The molecule has 1 atom stereocenters. The fraction of sp³-hybridized carbons (Fsp3) is 0.500. The minimum atomic E-state index is -0.552. The van der Waals surface area contributed by atoms with Gasteiger partial charge in [0, 0.05) is 0 Å². The van der Waals surface area contributed by atoms with Crippen molar-refractivity contribution < 1.29 is 13.9 Å². The molecule has 0 aliphatic carbocycles. The van der Waals surface area contributed by atoms with E-state index in [0.29, 0.717) is 10.0 Å². The van der Waals surface area contributed by atoms with Gasteiger partial charge in [0.05, 0.1) is 10.5 Å². The number of nitrogens with one attached hydrogen (secondary N) is 1. The van der Waals surface area contributed by atoms with Crippen molar-refractivity contribution in [1.29, 1.82) is 0 Å². The predicted octanol–water partition coefficient (Wildman–Crippen LogP) is 4.48. The van der Waals surface area contributed by atoms with Crippen LogP contribution in [0.1, 0.15) is 44.9 Å². The van der Waals surface area contributed by atoms with E-state index in [0.717, 1.165) is 5.56 Å². The lowest BCUT2D eigenvalue weighted by Crippen LogP contribution is -2.34. The fourth-order valence-corrected chi connectivity index (χ4v) is 2.13. The highest BCUT2D eigenvalue weighted by Gasteiger charge is 2.20. The molecular formula is C14H19BrFNO2. The summed E-state index contributed by atoms with van der Waals surface area (Å²) in [5.41, 5.74) is 0.688. The first-order valence-corrected chi connectivity index (χ1v) is 6.85. The lowest BCUT2D eigenvalue weighted by Gasteiger charge is -2.23. The summed E-state index contributed by atoms with van der Waals surface area (Å²) in [4.78, 5) is 11.7. The van der Waals surface area contributed by atoms with Gasteiger partial charge in [-0.05, 0) is 67.7 Å². The summed E-state index contributed by atoms with van der Waals surface area (Å²) in [6.07, 6.45) is -0.511. The molecular weight excluding hydrogens is 313 g/mol. The number of hydrogen-bond donors (Lipinski definition) is 1. The number of ether oxygens (including phenoxy) is 1. The third kappa shape index (κ3) is 4.49. The standard InChI is InChI=1S/C14H19BrFNO2/c1-8-10(6-7-11(15)12(8)16)9(2)17-13(18)19-14(3,4)5/h6-7,9H,1-5H3,(H,17,18)/t9-/m0/s1. The van der Waals surface area contributed by atoms with Gasteiger partial charge in [0.2, 0.25) is 0 Å². The van der Waals surface area contributed by atoms with Crippen molar-refractivity contribution in [3.63, 3.8) is 0 Å². The van der Waals surface area contributed by atoms with E-state index in [-0.39, 0.29) is 11.9 Å². The van der Waals surface area contributed by atoms with Crippen LogP contribution in [-0.4, -0.2) is 11.7 Å². The molecule has 3 nitrogen and oxygen atoms in total. The third-order valence-electron chi connectivity index (χ3n) is 2.58.